The minimum Gasteiger partial charge on any atom is -0.369 e. The van der Waals surface area contributed by atoms with E-state index in [0.29, 0.717) is 24.8 Å². The average Bonchev–Trinajstić information content (AvgIpc) is 2.79. The van der Waals surface area contributed by atoms with Gasteiger partial charge in [-0.3, -0.25) is 14.5 Å². The second-order valence-corrected chi connectivity index (χ2v) is 9.74. The Morgan fingerprint density at radius 3 is 2.48 bits per heavy atom. The number of carbonyl (C=O) groups is 2. The van der Waals surface area contributed by atoms with E-state index in [1.165, 1.54) is 37.7 Å². The normalized spacial score (nSPS) is 24.2. The second kappa shape index (κ2) is 9.82. The molecule has 31 heavy (non-hydrogen) atoms. The molecule has 6 nitrogen and oxygen atoms in total. The second-order valence-electron chi connectivity index (χ2n) is 9.74. The number of piperidine rings is 1. The van der Waals surface area contributed by atoms with Crippen LogP contribution in [0.1, 0.15) is 70.3 Å². The molecule has 3 N–H and O–H groups in total. The Morgan fingerprint density at radius 1 is 1.23 bits per heavy atom. The van der Waals surface area contributed by atoms with Crippen LogP contribution in [0.4, 0.5) is 0 Å². The molecular weight excluding hydrogens is 388 g/mol. The van der Waals surface area contributed by atoms with Crippen molar-refractivity contribution < 1.29 is 9.59 Å². The maximum absolute atomic E-state index is 12.5. The fraction of sp³-hybridized carbons (Fsp3) is 0.600. The maximum atomic E-state index is 12.5. The summed E-state index contributed by atoms with van der Waals surface area (Å²) in [4.78, 5) is 26.5. The fourth-order valence-corrected chi connectivity index (χ4v) is 4.87. The number of nitrogens with two attached hydrogens (primary N) is 1. The predicted octanol–water partition coefficient (Wildman–Crippen LogP) is 3.29. The van der Waals surface area contributed by atoms with E-state index < -0.39 is 16.9 Å². The summed E-state index contributed by atoms with van der Waals surface area (Å²) >= 11 is 0. The summed E-state index contributed by atoms with van der Waals surface area (Å²) in [6, 6.07) is 13.6. The van der Waals surface area contributed by atoms with Crippen LogP contribution in [-0.4, -0.2) is 41.4 Å². The lowest BCUT2D eigenvalue weighted by molar-refractivity contribution is -0.126. The first kappa shape index (κ1) is 23.3. The van der Waals surface area contributed by atoms with Gasteiger partial charge < -0.3 is 11.1 Å². The van der Waals surface area contributed by atoms with Crippen molar-refractivity contribution in [1.29, 1.82) is 5.26 Å². The number of amides is 2. The number of likely N-dealkylation sites (tertiary alicyclic amines) is 1. The van der Waals surface area contributed by atoms with Gasteiger partial charge in [0.25, 0.3) is 0 Å². The molecule has 1 aliphatic carbocycles. The number of primary amides is 1. The van der Waals surface area contributed by atoms with Gasteiger partial charge >= 0.3 is 0 Å². The number of hydrogen-bond donors (Lipinski definition) is 2. The van der Waals surface area contributed by atoms with Crippen LogP contribution in [0.15, 0.2) is 30.3 Å². The molecule has 1 heterocycles. The van der Waals surface area contributed by atoms with Crippen molar-refractivity contribution >= 4 is 11.8 Å². The quantitative estimate of drug-likeness (QED) is 0.703. The van der Waals surface area contributed by atoms with E-state index in [1.807, 2.05) is 0 Å². The van der Waals surface area contributed by atoms with Crippen LogP contribution in [0, 0.1) is 23.2 Å². The molecule has 2 atom stereocenters. The summed E-state index contributed by atoms with van der Waals surface area (Å²) in [5.74, 6) is -0.215. The molecule has 2 aliphatic rings. The third kappa shape index (κ3) is 5.65. The van der Waals surface area contributed by atoms with Gasteiger partial charge in [0.1, 0.15) is 5.54 Å². The average molecular weight is 424 g/mol. The first-order chi connectivity index (χ1) is 14.8. The number of benzene rings is 1. The van der Waals surface area contributed by atoms with E-state index in [4.69, 9.17) is 5.73 Å². The zero-order chi connectivity index (χ0) is 22.5. The molecule has 0 bridgehead atoms. The van der Waals surface area contributed by atoms with Gasteiger partial charge in [0.2, 0.25) is 11.8 Å². The van der Waals surface area contributed by atoms with Gasteiger partial charge in [0, 0.05) is 24.5 Å². The highest BCUT2D eigenvalue weighted by Gasteiger charge is 2.40. The van der Waals surface area contributed by atoms with Crippen LogP contribution in [0.2, 0.25) is 0 Å². The van der Waals surface area contributed by atoms with E-state index in [0.717, 1.165) is 13.1 Å². The van der Waals surface area contributed by atoms with Gasteiger partial charge in [0.15, 0.2) is 0 Å². The Kier molecular flexibility index (Phi) is 7.38. The van der Waals surface area contributed by atoms with Crippen LogP contribution in [0.25, 0.3) is 0 Å². The highest BCUT2D eigenvalue weighted by molar-refractivity contribution is 5.87. The summed E-state index contributed by atoms with van der Waals surface area (Å²) in [6.45, 7) is 5.03. The number of hydrogen-bond acceptors (Lipinski definition) is 4. The zero-order valence-electron chi connectivity index (χ0n) is 18.8. The lowest BCUT2D eigenvalue weighted by Gasteiger charge is -2.45. The van der Waals surface area contributed by atoms with Gasteiger partial charge in [-0.2, -0.15) is 5.26 Å². The minimum atomic E-state index is -0.849. The molecule has 1 aliphatic heterocycles. The van der Waals surface area contributed by atoms with Crippen molar-refractivity contribution in [2.45, 2.75) is 76.3 Å². The largest absolute Gasteiger partial charge is 0.369 e. The van der Waals surface area contributed by atoms with Crippen LogP contribution in [0.5, 0.6) is 0 Å². The maximum Gasteiger partial charge on any atom is 0.225 e. The van der Waals surface area contributed by atoms with Crippen molar-refractivity contribution in [2.75, 3.05) is 13.1 Å². The fourth-order valence-electron chi connectivity index (χ4n) is 4.87. The zero-order valence-corrected chi connectivity index (χ0v) is 18.8. The highest BCUT2D eigenvalue weighted by atomic mass is 16.2. The molecule has 1 saturated carbocycles. The first-order valence-corrected chi connectivity index (χ1v) is 11.4. The summed E-state index contributed by atoms with van der Waals surface area (Å²) in [7, 11) is 0. The molecule has 6 heteroatoms. The van der Waals surface area contributed by atoms with Crippen molar-refractivity contribution in [3.63, 3.8) is 0 Å². The lowest BCUT2D eigenvalue weighted by atomic mass is 9.77. The molecule has 1 radical (unpaired) electrons. The van der Waals surface area contributed by atoms with Crippen LogP contribution in [-0.2, 0) is 9.59 Å². The number of nitrogens with zero attached hydrogens (tertiary/aromatic N) is 2. The summed E-state index contributed by atoms with van der Waals surface area (Å²) in [5.41, 5.74) is 5.16. The Morgan fingerprint density at radius 2 is 1.87 bits per heavy atom. The van der Waals surface area contributed by atoms with Crippen LogP contribution >= 0.6 is 0 Å². The van der Waals surface area contributed by atoms with Gasteiger partial charge in [-0.15, -0.1) is 0 Å². The van der Waals surface area contributed by atoms with Crippen molar-refractivity contribution in [3.05, 3.63) is 42.3 Å². The summed E-state index contributed by atoms with van der Waals surface area (Å²) in [5, 5.41) is 12.8. The SMILES string of the molecule is CC(C)(C[CH]C(=O)NC1(C#N)CCN(C2CCCCC2c2ccccc2)CC1)C(N)=O. The van der Waals surface area contributed by atoms with Gasteiger partial charge in [-0.25, -0.2) is 0 Å². The molecular formula is C25H35N4O2. The standard InChI is InChI=1S/C25H35N4O2/c1-24(2,23(27)31)13-12-22(30)28-25(18-26)14-16-29(17-15-25)21-11-7-6-10-20(21)19-8-4-3-5-9-19/h3-5,8-9,12,20-21H,6-7,10-11,13-17H2,1-2H3,(H2,27,31)(H,28,30). The molecule has 1 aromatic rings. The lowest BCUT2D eigenvalue weighted by Crippen LogP contribution is -2.57. The number of nitrogens with one attached hydrogen (secondary N) is 1. The molecule has 167 valence electrons. The van der Waals surface area contributed by atoms with E-state index in [9.17, 15) is 14.9 Å². The van der Waals surface area contributed by atoms with Gasteiger partial charge in [-0.05, 0) is 43.6 Å². The van der Waals surface area contributed by atoms with Gasteiger partial charge in [0.05, 0.1) is 12.5 Å². The summed E-state index contributed by atoms with van der Waals surface area (Å²) < 4.78 is 0. The number of nitriles is 1. The molecule has 3 rings (SSSR count). The Bertz CT molecular complexity index is 807. The first-order valence-electron chi connectivity index (χ1n) is 11.4. The molecule has 0 spiro atoms. The topological polar surface area (TPSA) is 99.2 Å². The monoisotopic (exact) mass is 423 g/mol. The van der Waals surface area contributed by atoms with Crippen molar-refractivity contribution in [1.82, 2.24) is 10.2 Å². The van der Waals surface area contributed by atoms with Crippen molar-refractivity contribution in [2.24, 2.45) is 11.1 Å². The number of carbonyl (C=O) groups excluding carboxylic acids is 2. The molecule has 2 fully saturated rings. The molecule has 2 amide bonds. The van der Waals surface area contributed by atoms with E-state index in [2.05, 4.69) is 46.6 Å². The third-order valence-electron chi connectivity index (χ3n) is 7.12. The van der Waals surface area contributed by atoms with Crippen LogP contribution < -0.4 is 11.1 Å². The van der Waals surface area contributed by atoms with E-state index in [-0.39, 0.29) is 12.3 Å². The van der Waals surface area contributed by atoms with Gasteiger partial charge in [-0.1, -0.05) is 57.0 Å². The molecule has 0 aromatic heterocycles. The third-order valence-corrected chi connectivity index (χ3v) is 7.12. The smallest absolute Gasteiger partial charge is 0.225 e. The van der Waals surface area contributed by atoms with Crippen LogP contribution in [0.3, 0.4) is 0 Å². The molecule has 1 aromatic carbocycles. The Labute approximate surface area is 186 Å². The predicted molar refractivity (Wildman–Crippen MR) is 121 cm³/mol. The highest BCUT2D eigenvalue weighted by Crippen LogP contribution is 2.38. The summed E-state index contributed by atoms with van der Waals surface area (Å²) in [6.07, 6.45) is 7.82. The molecule has 1 saturated heterocycles. The molecule has 2 unspecified atom stereocenters. The van der Waals surface area contributed by atoms with Crippen molar-refractivity contribution in [3.8, 4) is 6.07 Å². The Hall–Kier alpha value is -2.39. The minimum absolute atomic E-state index is 0.253. The number of rotatable bonds is 7. The van der Waals surface area contributed by atoms with E-state index in [1.54, 1.807) is 13.8 Å². The Balaban J connectivity index is 1.59. The van der Waals surface area contributed by atoms with E-state index >= 15 is 0 Å².